The molecule has 2 aromatic heterocycles. The maximum Gasteiger partial charge on any atom is 0.248 e. The van der Waals surface area contributed by atoms with Gasteiger partial charge in [0.1, 0.15) is 6.10 Å². The molecule has 2 aromatic rings. The predicted molar refractivity (Wildman–Crippen MR) is 96.9 cm³/mol. The molecule has 1 amide bonds. The second-order valence-corrected chi connectivity index (χ2v) is 7.05. The van der Waals surface area contributed by atoms with Crippen LogP contribution in [-0.2, 0) is 16.0 Å². The van der Waals surface area contributed by atoms with Crippen LogP contribution in [0.3, 0.4) is 0 Å². The molecule has 0 saturated carbocycles. The summed E-state index contributed by atoms with van der Waals surface area (Å²) in [6.45, 7) is 7.16. The molecule has 2 heterocycles. The summed E-state index contributed by atoms with van der Waals surface area (Å²) >= 11 is 1.63. The van der Waals surface area contributed by atoms with E-state index in [2.05, 4.69) is 29.1 Å². The minimum atomic E-state index is -0.400. The number of carbonyl (C=O) groups is 1. The van der Waals surface area contributed by atoms with Crippen molar-refractivity contribution in [2.24, 2.45) is 5.92 Å². The highest BCUT2D eigenvalue weighted by Gasteiger charge is 2.13. The van der Waals surface area contributed by atoms with Gasteiger partial charge in [0.05, 0.1) is 16.4 Å². The Balaban J connectivity index is 1.69. The van der Waals surface area contributed by atoms with Crippen LogP contribution in [0, 0.1) is 5.92 Å². The van der Waals surface area contributed by atoms with Gasteiger partial charge in [0.15, 0.2) is 0 Å². The third-order valence-electron chi connectivity index (χ3n) is 3.39. The third kappa shape index (κ3) is 6.02. The summed E-state index contributed by atoms with van der Waals surface area (Å²) in [5, 5.41) is 6.01. The van der Waals surface area contributed by atoms with Gasteiger partial charge in [-0.1, -0.05) is 19.9 Å². The molecule has 0 aliphatic carbocycles. The van der Waals surface area contributed by atoms with Gasteiger partial charge in [-0.3, -0.25) is 9.78 Å². The molecular weight excluding hydrogens is 322 g/mol. The largest absolute Gasteiger partial charge is 0.368 e. The van der Waals surface area contributed by atoms with Crippen LogP contribution in [0.1, 0.15) is 32.2 Å². The Kier molecular flexibility index (Phi) is 7.34. The molecule has 0 radical (unpaired) electrons. The van der Waals surface area contributed by atoms with Gasteiger partial charge in [-0.05, 0) is 31.4 Å². The number of amides is 1. The maximum absolute atomic E-state index is 11.9. The van der Waals surface area contributed by atoms with Crippen LogP contribution in [-0.4, -0.2) is 35.1 Å². The highest BCUT2D eigenvalue weighted by Crippen LogP contribution is 2.20. The van der Waals surface area contributed by atoms with Crippen LogP contribution in [0.4, 0.5) is 0 Å². The fourth-order valence-corrected chi connectivity index (χ4v) is 2.90. The van der Waals surface area contributed by atoms with Crippen molar-refractivity contribution in [1.29, 1.82) is 0 Å². The van der Waals surface area contributed by atoms with Crippen molar-refractivity contribution in [3.05, 3.63) is 34.8 Å². The Hall–Kier alpha value is -1.79. The lowest BCUT2D eigenvalue weighted by atomic mass is 10.2. The molecular formula is C18H25N3O2S. The van der Waals surface area contributed by atoms with Crippen molar-refractivity contribution in [2.75, 3.05) is 13.2 Å². The van der Waals surface area contributed by atoms with E-state index in [-0.39, 0.29) is 5.91 Å². The molecule has 0 unspecified atom stereocenters. The fourth-order valence-electron chi connectivity index (χ4n) is 2.07. The SMILES string of the molecule is CC(C)CO[C@@H](C)C(=O)NCCCc1nc(-c2ccccn2)cs1. The van der Waals surface area contributed by atoms with Crippen molar-refractivity contribution in [1.82, 2.24) is 15.3 Å². The number of rotatable bonds is 9. The van der Waals surface area contributed by atoms with Crippen molar-refractivity contribution < 1.29 is 9.53 Å². The van der Waals surface area contributed by atoms with E-state index in [1.54, 1.807) is 24.5 Å². The molecule has 5 nitrogen and oxygen atoms in total. The monoisotopic (exact) mass is 347 g/mol. The van der Waals surface area contributed by atoms with E-state index in [4.69, 9.17) is 4.74 Å². The maximum atomic E-state index is 11.9. The van der Waals surface area contributed by atoms with E-state index in [9.17, 15) is 4.79 Å². The minimum Gasteiger partial charge on any atom is -0.368 e. The van der Waals surface area contributed by atoms with E-state index in [1.807, 2.05) is 23.6 Å². The lowest BCUT2D eigenvalue weighted by molar-refractivity contribution is -0.132. The van der Waals surface area contributed by atoms with Gasteiger partial charge in [-0.2, -0.15) is 0 Å². The Morgan fingerprint density at radius 2 is 2.12 bits per heavy atom. The zero-order valence-electron chi connectivity index (χ0n) is 14.5. The fraction of sp³-hybridized carbons (Fsp3) is 0.500. The number of carbonyl (C=O) groups excluding carboxylic acids is 1. The normalized spacial score (nSPS) is 12.3. The summed E-state index contributed by atoms with van der Waals surface area (Å²) in [4.78, 5) is 20.8. The molecule has 1 atom stereocenters. The first kappa shape index (κ1) is 18.5. The molecule has 0 aromatic carbocycles. The molecule has 130 valence electrons. The standard InChI is InChI=1S/C18H25N3O2S/c1-13(2)11-23-14(3)18(22)20-10-6-8-17-21-16(12-24-17)15-7-4-5-9-19-15/h4-5,7,9,12-14H,6,8,10-11H2,1-3H3,(H,20,22)/t14-/m0/s1. The first-order valence-corrected chi connectivity index (χ1v) is 9.19. The second-order valence-electron chi connectivity index (χ2n) is 6.11. The summed E-state index contributed by atoms with van der Waals surface area (Å²) in [5.41, 5.74) is 1.81. The van der Waals surface area contributed by atoms with Gasteiger partial charge < -0.3 is 10.1 Å². The number of nitrogens with zero attached hydrogens (tertiary/aromatic N) is 2. The van der Waals surface area contributed by atoms with Crippen LogP contribution >= 0.6 is 11.3 Å². The van der Waals surface area contributed by atoms with Gasteiger partial charge in [-0.25, -0.2) is 4.98 Å². The van der Waals surface area contributed by atoms with Crippen LogP contribution in [0.2, 0.25) is 0 Å². The van der Waals surface area contributed by atoms with Gasteiger partial charge in [0.2, 0.25) is 5.91 Å². The molecule has 1 N–H and O–H groups in total. The smallest absolute Gasteiger partial charge is 0.248 e. The zero-order chi connectivity index (χ0) is 17.4. The Morgan fingerprint density at radius 1 is 1.29 bits per heavy atom. The highest BCUT2D eigenvalue weighted by molar-refractivity contribution is 7.09. The van der Waals surface area contributed by atoms with Crippen LogP contribution in [0.5, 0.6) is 0 Å². The Morgan fingerprint density at radius 3 is 2.83 bits per heavy atom. The molecule has 0 saturated heterocycles. The van der Waals surface area contributed by atoms with Crippen molar-refractivity contribution >= 4 is 17.2 Å². The van der Waals surface area contributed by atoms with E-state index < -0.39 is 6.10 Å². The molecule has 0 bridgehead atoms. The molecule has 2 rings (SSSR count). The number of ether oxygens (including phenoxy) is 1. The number of aryl methyl sites for hydroxylation is 1. The number of hydrogen-bond donors (Lipinski definition) is 1. The third-order valence-corrected chi connectivity index (χ3v) is 4.30. The number of hydrogen-bond acceptors (Lipinski definition) is 5. The molecule has 0 aliphatic heterocycles. The second kappa shape index (κ2) is 9.49. The van der Waals surface area contributed by atoms with Crippen molar-refractivity contribution in [3.8, 4) is 11.4 Å². The molecule has 0 spiro atoms. The number of nitrogens with one attached hydrogen (secondary N) is 1. The molecule has 0 aliphatic rings. The van der Waals surface area contributed by atoms with Gasteiger partial charge >= 0.3 is 0 Å². The van der Waals surface area contributed by atoms with Crippen LogP contribution in [0.15, 0.2) is 29.8 Å². The van der Waals surface area contributed by atoms with Crippen LogP contribution in [0.25, 0.3) is 11.4 Å². The summed E-state index contributed by atoms with van der Waals surface area (Å²) in [6.07, 6.45) is 3.08. The van der Waals surface area contributed by atoms with Crippen LogP contribution < -0.4 is 5.32 Å². The van der Waals surface area contributed by atoms with E-state index in [1.165, 1.54) is 0 Å². The summed E-state index contributed by atoms with van der Waals surface area (Å²) in [6, 6.07) is 5.81. The number of pyridine rings is 1. The minimum absolute atomic E-state index is 0.0519. The van der Waals surface area contributed by atoms with Gasteiger partial charge in [-0.15, -0.1) is 11.3 Å². The average molecular weight is 347 g/mol. The summed E-state index contributed by atoms with van der Waals surface area (Å²) < 4.78 is 5.50. The van der Waals surface area contributed by atoms with Crippen molar-refractivity contribution in [3.63, 3.8) is 0 Å². The quantitative estimate of drug-likeness (QED) is 0.707. The lowest BCUT2D eigenvalue weighted by Crippen LogP contribution is -2.35. The summed E-state index contributed by atoms with van der Waals surface area (Å²) in [7, 11) is 0. The predicted octanol–water partition coefficient (Wildman–Crippen LogP) is 3.32. The lowest BCUT2D eigenvalue weighted by Gasteiger charge is -2.14. The number of aromatic nitrogens is 2. The Bertz CT molecular complexity index is 628. The zero-order valence-corrected chi connectivity index (χ0v) is 15.3. The van der Waals surface area contributed by atoms with E-state index >= 15 is 0 Å². The van der Waals surface area contributed by atoms with E-state index in [0.29, 0.717) is 19.1 Å². The molecule has 6 heteroatoms. The van der Waals surface area contributed by atoms with E-state index in [0.717, 1.165) is 29.2 Å². The van der Waals surface area contributed by atoms with Gasteiger partial charge in [0.25, 0.3) is 0 Å². The first-order valence-electron chi connectivity index (χ1n) is 8.31. The summed E-state index contributed by atoms with van der Waals surface area (Å²) in [5.74, 6) is 0.377. The van der Waals surface area contributed by atoms with Gasteiger partial charge in [0, 0.05) is 31.1 Å². The molecule has 24 heavy (non-hydrogen) atoms. The average Bonchev–Trinajstić information content (AvgIpc) is 3.06. The molecule has 0 fully saturated rings. The topological polar surface area (TPSA) is 64.1 Å². The van der Waals surface area contributed by atoms with Crippen molar-refractivity contribution in [2.45, 2.75) is 39.7 Å². The highest BCUT2D eigenvalue weighted by atomic mass is 32.1. The Labute approximate surface area is 147 Å². The first-order chi connectivity index (χ1) is 11.6. The number of thiazole rings is 1.